The molecule has 0 bridgehead atoms. The third-order valence-electron chi connectivity index (χ3n) is 4.57. The Morgan fingerprint density at radius 2 is 1.67 bits per heavy atom. The first kappa shape index (κ1) is 26.3. The Morgan fingerprint density at radius 3 is 2.23 bits per heavy atom. The number of nitrogens with zero attached hydrogens (tertiary/aromatic N) is 2. The first-order chi connectivity index (χ1) is 14.1. The average molecular weight is 541 g/mol. The van der Waals surface area contributed by atoms with Crippen LogP contribution in [-0.2, 0) is 6.54 Å². The van der Waals surface area contributed by atoms with E-state index in [1.165, 1.54) is 4.90 Å². The molecule has 7 heteroatoms. The summed E-state index contributed by atoms with van der Waals surface area (Å²) in [6, 6.07) is 18.2. The van der Waals surface area contributed by atoms with Crippen LogP contribution < -0.4 is 10.6 Å². The number of carbonyl (C=O) groups excluding carboxylic acids is 1. The molecule has 1 atom stereocenters. The van der Waals surface area contributed by atoms with Crippen molar-refractivity contribution in [3.8, 4) is 0 Å². The number of guanidine groups is 1. The summed E-state index contributed by atoms with van der Waals surface area (Å²) in [4.78, 5) is 19.8. The maximum atomic E-state index is 12.4. The van der Waals surface area contributed by atoms with E-state index in [0.29, 0.717) is 11.8 Å². The van der Waals surface area contributed by atoms with E-state index >= 15 is 0 Å². The lowest BCUT2D eigenvalue weighted by Crippen LogP contribution is -2.39. The van der Waals surface area contributed by atoms with E-state index in [9.17, 15) is 4.79 Å². The van der Waals surface area contributed by atoms with Gasteiger partial charge >= 0.3 is 0 Å². The summed E-state index contributed by atoms with van der Waals surface area (Å²) in [5, 5.41) is 7.13. The summed E-state index contributed by atoms with van der Waals surface area (Å²) in [6.07, 6.45) is 0. The molecule has 0 spiro atoms. The predicted molar refractivity (Wildman–Crippen MR) is 139 cm³/mol. The standard InChI is InChI=1S/C23H32N4OS.HI/c1-5-27(6-2)22(28)20-14-12-19(13-15-20)17-26-23(24-4)25-16-18(3)29-21-10-8-7-9-11-21;/h7-15,18H,5-6,16-17H2,1-4H3,(H2,24,25,26);1H. The number of rotatable bonds is 9. The van der Waals surface area contributed by atoms with Crippen molar-refractivity contribution in [2.75, 3.05) is 26.7 Å². The van der Waals surface area contributed by atoms with Gasteiger partial charge in [0.15, 0.2) is 5.96 Å². The van der Waals surface area contributed by atoms with E-state index in [1.54, 1.807) is 7.05 Å². The number of aliphatic imine (C=N–C) groups is 1. The second-order valence-corrected chi connectivity index (χ2v) is 8.23. The smallest absolute Gasteiger partial charge is 0.253 e. The molecule has 164 valence electrons. The number of amides is 1. The van der Waals surface area contributed by atoms with Crippen LogP contribution in [0.2, 0.25) is 0 Å². The molecule has 5 nitrogen and oxygen atoms in total. The molecule has 0 aliphatic heterocycles. The van der Waals surface area contributed by atoms with Crippen LogP contribution in [0.4, 0.5) is 0 Å². The van der Waals surface area contributed by atoms with Gasteiger partial charge in [-0.05, 0) is 43.7 Å². The summed E-state index contributed by atoms with van der Waals surface area (Å²) >= 11 is 1.84. The zero-order chi connectivity index (χ0) is 21.1. The molecule has 1 amide bonds. The number of thioether (sulfide) groups is 1. The number of nitrogens with one attached hydrogen (secondary N) is 2. The molecule has 1 unspecified atom stereocenters. The van der Waals surface area contributed by atoms with Gasteiger partial charge in [-0.15, -0.1) is 35.7 Å². The van der Waals surface area contributed by atoms with E-state index in [-0.39, 0.29) is 29.9 Å². The van der Waals surface area contributed by atoms with Gasteiger partial charge < -0.3 is 15.5 Å². The first-order valence-corrected chi connectivity index (χ1v) is 11.0. The summed E-state index contributed by atoms with van der Waals surface area (Å²) in [6.45, 7) is 9.11. The molecular weight excluding hydrogens is 507 g/mol. The van der Waals surface area contributed by atoms with Crippen LogP contribution in [0.15, 0.2) is 64.5 Å². The van der Waals surface area contributed by atoms with E-state index in [1.807, 2.05) is 60.8 Å². The zero-order valence-electron chi connectivity index (χ0n) is 18.2. The number of hydrogen-bond donors (Lipinski definition) is 2. The normalized spacial score (nSPS) is 11.9. The fraction of sp³-hybridized carbons (Fsp3) is 0.391. The second kappa shape index (κ2) is 14.3. The average Bonchev–Trinajstić information content (AvgIpc) is 2.75. The van der Waals surface area contributed by atoms with Crippen molar-refractivity contribution in [2.45, 2.75) is 37.5 Å². The topological polar surface area (TPSA) is 56.7 Å². The van der Waals surface area contributed by atoms with E-state index < -0.39 is 0 Å². The van der Waals surface area contributed by atoms with Crippen LogP contribution in [0.5, 0.6) is 0 Å². The lowest BCUT2D eigenvalue weighted by atomic mass is 10.1. The molecule has 2 N–H and O–H groups in total. The largest absolute Gasteiger partial charge is 0.355 e. The first-order valence-electron chi connectivity index (χ1n) is 10.1. The summed E-state index contributed by atoms with van der Waals surface area (Å²) in [5.41, 5.74) is 1.84. The molecule has 30 heavy (non-hydrogen) atoms. The lowest BCUT2D eigenvalue weighted by Gasteiger charge is -2.19. The van der Waals surface area contributed by atoms with Gasteiger partial charge in [0.1, 0.15) is 0 Å². The fourth-order valence-electron chi connectivity index (χ4n) is 2.88. The number of carbonyl (C=O) groups is 1. The van der Waals surface area contributed by atoms with Crippen molar-refractivity contribution < 1.29 is 4.79 Å². The van der Waals surface area contributed by atoms with Gasteiger partial charge in [-0.3, -0.25) is 9.79 Å². The highest BCUT2D eigenvalue weighted by atomic mass is 127. The van der Waals surface area contributed by atoms with Crippen molar-refractivity contribution in [1.82, 2.24) is 15.5 Å². The van der Waals surface area contributed by atoms with Crippen LogP contribution in [-0.4, -0.2) is 48.7 Å². The number of halogens is 1. The summed E-state index contributed by atoms with van der Waals surface area (Å²) in [5.74, 6) is 0.852. The Balaban J connectivity index is 0.00000450. The van der Waals surface area contributed by atoms with Crippen LogP contribution in [0.3, 0.4) is 0 Å². The van der Waals surface area contributed by atoms with Crippen LogP contribution in [0.25, 0.3) is 0 Å². The molecule has 0 radical (unpaired) electrons. The number of hydrogen-bond acceptors (Lipinski definition) is 3. The van der Waals surface area contributed by atoms with Crippen molar-refractivity contribution in [3.63, 3.8) is 0 Å². The van der Waals surface area contributed by atoms with Crippen LogP contribution in [0, 0.1) is 0 Å². The maximum Gasteiger partial charge on any atom is 0.253 e. The van der Waals surface area contributed by atoms with Gasteiger partial charge in [0.2, 0.25) is 0 Å². The molecule has 0 saturated heterocycles. The highest BCUT2D eigenvalue weighted by Crippen LogP contribution is 2.21. The minimum atomic E-state index is 0. The number of benzene rings is 2. The van der Waals surface area contributed by atoms with Crippen molar-refractivity contribution >= 4 is 47.6 Å². The van der Waals surface area contributed by atoms with Crippen molar-refractivity contribution in [3.05, 3.63) is 65.7 Å². The minimum absolute atomic E-state index is 0. The molecular formula is C23H33IN4OS. The van der Waals surface area contributed by atoms with Crippen LogP contribution >= 0.6 is 35.7 Å². The molecule has 0 fully saturated rings. The molecule has 0 aliphatic carbocycles. The van der Waals surface area contributed by atoms with Gasteiger partial charge in [0.25, 0.3) is 5.91 Å². The highest BCUT2D eigenvalue weighted by molar-refractivity contribution is 14.0. The lowest BCUT2D eigenvalue weighted by molar-refractivity contribution is 0.0773. The quantitative estimate of drug-likeness (QED) is 0.211. The molecule has 0 aliphatic rings. The van der Waals surface area contributed by atoms with Crippen molar-refractivity contribution in [1.29, 1.82) is 0 Å². The highest BCUT2D eigenvalue weighted by Gasteiger charge is 2.12. The Hall–Kier alpha value is -1.74. The molecule has 0 saturated carbocycles. The van der Waals surface area contributed by atoms with Crippen LogP contribution in [0.1, 0.15) is 36.7 Å². The SMILES string of the molecule is CCN(CC)C(=O)c1ccc(CNC(=NC)NCC(C)Sc2ccccc2)cc1.I. The maximum absolute atomic E-state index is 12.4. The third-order valence-corrected chi connectivity index (χ3v) is 5.69. The van der Waals surface area contributed by atoms with E-state index in [2.05, 4.69) is 46.8 Å². The van der Waals surface area contributed by atoms with E-state index in [4.69, 9.17) is 0 Å². The molecule has 0 aromatic heterocycles. The Morgan fingerprint density at radius 1 is 1.03 bits per heavy atom. The molecule has 0 heterocycles. The fourth-order valence-corrected chi connectivity index (χ4v) is 3.82. The molecule has 2 aromatic rings. The van der Waals surface area contributed by atoms with Gasteiger partial charge in [0, 0.05) is 48.9 Å². The Bertz CT molecular complexity index is 780. The molecule has 2 rings (SSSR count). The van der Waals surface area contributed by atoms with E-state index in [0.717, 1.165) is 36.7 Å². The monoisotopic (exact) mass is 540 g/mol. The Labute approximate surface area is 202 Å². The molecule has 2 aromatic carbocycles. The van der Waals surface area contributed by atoms with Gasteiger partial charge in [-0.2, -0.15) is 0 Å². The van der Waals surface area contributed by atoms with Crippen molar-refractivity contribution in [2.24, 2.45) is 4.99 Å². The summed E-state index contributed by atoms with van der Waals surface area (Å²) in [7, 11) is 1.77. The minimum Gasteiger partial charge on any atom is -0.355 e. The summed E-state index contributed by atoms with van der Waals surface area (Å²) < 4.78 is 0. The predicted octanol–water partition coefficient (Wildman–Crippen LogP) is 4.63. The Kier molecular flexibility index (Phi) is 12.5. The van der Waals surface area contributed by atoms with Gasteiger partial charge in [-0.1, -0.05) is 37.3 Å². The second-order valence-electron chi connectivity index (χ2n) is 6.72. The van der Waals surface area contributed by atoms with Gasteiger partial charge in [-0.25, -0.2) is 0 Å². The van der Waals surface area contributed by atoms with Gasteiger partial charge in [0.05, 0.1) is 0 Å². The zero-order valence-corrected chi connectivity index (χ0v) is 21.4. The third kappa shape index (κ3) is 8.55.